The first kappa shape index (κ1) is 13.8. The zero-order valence-corrected chi connectivity index (χ0v) is 12.3. The lowest BCUT2D eigenvalue weighted by Gasteiger charge is -2.27. The van der Waals surface area contributed by atoms with Crippen LogP contribution in [0.25, 0.3) is 5.95 Å². The molecule has 0 unspecified atom stereocenters. The van der Waals surface area contributed by atoms with E-state index in [1.54, 1.807) is 17.1 Å². The number of aromatic nitrogens is 5. The molecule has 0 aromatic carbocycles. The van der Waals surface area contributed by atoms with Gasteiger partial charge in [0.1, 0.15) is 0 Å². The summed E-state index contributed by atoms with van der Waals surface area (Å²) < 4.78 is 1.59. The SMILES string of the molecule is CN(CC1CCCCC1)c1nc(N)nc(-n2cccn2)n1. The fourth-order valence-corrected chi connectivity index (χ4v) is 2.87. The van der Waals surface area contributed by atoms with E-state index in [9.17, 15) is 0 Å². The minimum atomic E-state index is 0.223. The van der Waals surface area contributed by atoms with E-state index in [4.69, 9.17) is 5.73 Å². The molecule has 2 heterocycles. The van der Waals surface area contributed by atoms with Crippen LogP contribution in [0, 0.1) is 5.92 Å². The van der Waals surface area contributed by atoms with Crippen LogP contribution in [0.1, 0.15) is 32.1 Å². The third-order valence-corrected chi connectivity index (χ3v) is 3.94. The zero-order chi connectivity index (χ0) is 14.7. The van der Waals surface area contributed by atoms with Crippen molar-refractivity contribution in [3.8, 4) is 5.95 Å². The first-order chi connectivity index (χ1) is 10.2. The van der Waals surface area contributed by atoms with Gasteiger partial charge in [-0.25, -0.2) is 4.68 Å². The van der Waals surface area contributed by atoms with E-state index in [0.29, 0.717) is 11.9 Å². The standard InChI is InChI=1S/C14H21N7/c1-20(10-11-6-3-2-4-7-11)13-17-12(15)18-14(19-13)21-9-5-8-16-21/h5,8-9,11H,2-4,6-7,10H2,1H3,(H2,15,17,18,19). The first-order valence-corrected chi connectivity index (χ1v) is 7.45. The lowest BCUT2D eigenvalue weighted by atomic mass is 9.89. The molecule has 0 aliphatic heterocycles. The average Bonchev–Trinajstić information content (AvgIpc) is 3.02. The molecular formula is C14H21N7. The van der Waals surface area contributed by atoms with E-state index < -0.39 is 0 Å². The fourth-order valence-electron chi connectivity index (χ4n) is 2.87. The maximum absolute atomic E-state index is 5.81. The van der Waals surface area contributed by atoms with Crippen molar-refractivity contribution in [2.45, 2.75) is 32.1 Å². The lowest BCUT2D eigenvalue weighted by Crippen LogP contribution is -2.29. The van der Waals surface area contributed by atoms with Gasteiger partial charge in [0.05, 0.1) is 0 Å². The summed E-state index contributed by atoms with van der Waals surface area (Å²) in [6.45, 7) is 0.960. The molecule has 7 heteroatoms. The minimum absolute atomic E-state index is 0.223. The van der Waals surface area contributed by atoms with Crippen molar-refractivity contribution < 1.29 is 0 Å². The Labute approximate surface area is 124 Å². The van der Waals surface area contributed by atoms with Crippen molar-refractivity contribution in [1.82, 2.24) is 24.7 Å². The molecule has 1 aliphatic rings. The van der Waals surface area contributed by atoms with Crippen LogP contribution < -0.4 is 10.6 Å². The Balaban J connectivity index is 1.77. The predicted molar refractivity (Wildman–Crippen MR) is 81.2 cm³/mol. The summed E-state index contributed by atoms with van der Waals surface area (Å²) in [5.41, 5.74) is 5.81. The Morgan fingerprint density at radius 2 is 2.05 bits per heavy atom. The molecule has 1 fully saturated rings. The number of hydrogen-bond donors (Lipinski definition) is 1. The molecule has 2 aromatic rings. The maximum Gasteiger partial charge on any atom is 0.257 e. The molecule has 3 rings (SSSR count). The molecule has 1 saturated carbocycles. The van der Waals surface area contributed by atoms with E-state index in [-0.39, 0.29) is 5.95 Å². The molecule has 0 bridgehead atoms. The van der Waals surface area contributed by atoms with Gasteiger partial charge in [-0.1, -0.05) is 19.3 Å². The zero-order valence-electron chi connectivity index (χ0n) is 12.3. The van der Waals surface area contributed by atoms with Gasteiger partial charge in [-0.15, -0.1) is 0 Å². The van der Waals surface area contributed by atoms with Crippen molar-refractivity contribution in [3.63, 3.8) is 0 Å². The van der Waals surface area contributed by atoms with Crippen LogP contribution in [-0.4, -0.2) is 38.3 Å². The Bertz CT molecular complexity index is 575. The van der Waals surface area contributed by atoms with Gasteiger partial charge in [0.2, 0.25) is 11.9 Å². The summed E-state index contributed by atoms with van der Waals surface area (Å²) >= 11 is 0. The van der Waals surface area contributed by atoms with Gasteiger partial charge in [-0.3, -0.25) is 0 Å². The average molecular weight is 287 g/mol. The Morgan fingerprint density at radius 3 is 2.76 bits per heavy atom. The molecule has 0 amide bonds. The van der Waals surface area contributed by atoms with Gasteiger partial charge in [0.15, 0.2) is 0 Å². The van der Waals surface area contributed by atoms with Crippen molar-refractivity contribution in [2.24, 2.45) is 5.92 Å². The lowest BCUT2D eigenvalue weighted by molar-refractivity contribution is 0.361. The first-order valence-electron chi connectivity index (χ1n) is 7.45. The molecule has 2 N–H and O–H groups in total. The molecule has 2 aromatic heterocycles. The van der Waals surface area contributed by atoms with Crippen molar-refractivity contribution in [3.05, 3.63) is 18.5 Å². The molecule has 1 aliphatic carbocycles. The number of hydrogen-bond acceptors (Lipinski definition) is 6. The van der Waals surface area contributed by atoms with Crippen LogP contribution in [0.4, 0.5) is 11.9 Å². The van der Waals surface area contributed by atoms with Crippen molar-refractivity contribution >= 4 is 11.9 Å². The third kappa shape index (κ3) is 3.29. The summed E-state index contributed by atoms with van der Waals surface area (Å²) in [6, 6.07) is 1.82. The van der Waals surface area contributed by atoms with Crippen LogP contribution in [0.15, 0.2) is 18.5 Å². The topological polar surface area (TPSA) is 85.8 Å². The summed E-state index contributed by atoms with van der Waals surface area (Å²) in [5.74, 6) is 2.01. The molecule has 7 nitrogen and oxygen atoms in total. The highest BCUT2D eigenvalue weighted by molar-refractivity contribution is 5.36. The summed E-state index contributed by atoms with van der Waals surface area (Å²) in [4.78, 5) is 14.9. The molecular weight excluding hydrogens is 266 g/mol. The van der Waals surface area contributed by atoms with E-state index >= 15 is 0 Å². The van der Waals surface area contributed by atoms with Crippen LogP contribution in [0.2, 0.25) is 0 Å². The second-order valence-corrected chi connectivity index (χ2v) is 5.63. The number of nitrogen functional groups attached to an aromatic ring is 1. The number of anilines is 2. The second-order valence-electron chi connectivity index (χ2n) is 5.63. The summed E-state index contributed by atoms with van der Waals surface area (Å²) in [6.07, 6.45) is 10.1. The quantitative estimate of drug-likeness (QED) is 0.920. The van der Waals surface area contributed by atoms with Gasteiger partial charge in [0, 0.05) is 26.0 Å². The molecule has 0 atom stereocenters. The monoisotopic (exact) mass is 287 g/mol. The number of nitrogens with zero attached hydrogens (tertiary/aromatic N) is 6. The largest absolute Gasteiger partial charge is 0.368 e. The summed E-state index contributed by atoms with van der Waals surface area (Å²) in [7, 11) is 2.01. The van der Waals surface area contributed by atoms with Crippen molar-refractivity contribution in [2.75, 3.05) is 24.2 Å². The van der Waals surface area contributed by atoms with Gasteiger partial charge in [-0.2, -0.15) is 20.1 Å². The Morgan fingerprint density at radius 1 is 1.24 bits per heavy atom. The maximum atomic E-state index is 5.81. The molecule has 0 radical (unpaired) electrons. The number of nitrogens with two attached hydrogens (primary N) is 1. The van der Waals surface area contributed by atoms with E-state index in [1.807, 2.05) is 13.1 Å². The highest BCUT2D eigenvalue weighted by Crippen LogP contribution is 2.25. The second kappa shape index (κ2) is 6.07. The van der Waals surface area contributed by atoms with E-state index in [1.165, 1.54) is 32.1 Å². The predicted octanol–water partition coefficient (Wildman–Crippen LogP) is 1.66. The van der Waals surface area contributed by atoms with Gasteiger partial charge in [0.25, 0.3) is 5.95 Å². The van der Waals surface area contributed by atoms with E-state index in [0.717, 1.165) is 12.5 Å². The van der Waals surface area contributed by atoms with Gasteiger partial charge >= 0.3 is 0 Å². The Kier molecular flexibility index (Phi) is 3.98. The van der Waals surface area contributed by atoms with Crippen LogP contribution in [0.3, 0.4) is 0 Å². The van der Waals surface area contributed by atoms with E-state index in [2.05, 4.69) is 25.0 Å². The van der Waals surface area contributed by atoms with Crippen LogP contribution in [0.5, 0.6) is 0 Å². The van der Waals surface area contributed by atoms with Crippen molar-refractivity contribution in [1.29, 1.82) is 0 Å². The third-order valence-electron chi connectivity index (χ3n) is 3.94. The minimum Gasteiger partial charge on any atom is -0.368 e. The number of rotatable bonds is 4. The van der Waals surface area contributed by atoms with Gasteiger partial charge in [-0.05, 0) is 24.8 Å². The Hall–Kier alpha value is -2.18. The molecule has 112 valence electrons. The highest BCUT2D eigenvalue weighted by Gasteiger charge is 2.18. The highest BCUT2D eigenvalue weighted by atomic mass is 15.4. The van der Waals surface area contributed by atoms with Crippen LogP contribution >= 0.6 is 0 Å². The normalized spacial score (nSPS) is 16.0. The summed E-state index contributed by atoms with van der Waals surface area (Å²) in [5, 5.41) is 4.13. The molecule has 0 spiro atoms. The van der Waals surface area contributed by atoms with Gasteiger partial charge < -0.3 is 10.6 Å². The molecule has 0 saturated heterocycles. The molecule has 21 heavy (non-hydrogen) atoms. The van der Waals surface area contributed by atoms with Crippen LogP contribution in [-0.2, 0) is 0 Å². The fraction of sp³-hybridized carbons (Fsp3) is 0.571. The smallest absolute Gasteiger partial charge is 0.257 e.